The number of halogens is 1. The minimum absolute atomic E-state index is 0. The molecule has 0 fully saturated rings. The van der Waals surface area contributed by atoms with E-state index in [1.165, 1.54) is 25.7 Å². The summed E-state index contributed by atoms with van der Waals surface area (Å²) >= 11 is 0. The smallest absolute Gasteiger partial charge is 0 e. The molecule has 1 aliphatic carbocycles. The Labute approximate surface area is 93.8 Å². The van der Waals surface area contributed by atoms with E-state index in [-0.39, 0.29) is 44.4 Å². The van der Waals surface area contributed by atoms with Crippen molar-refractivity contribution in [2.24, 2.45) is 0 Å². The predicted molar refractivity (Wildman–Crippen MR) is 52.2 cm³/mol. The molecular weight excluding hydrogens is 329 g/mol. The van der Waals surface area contributed by atoms with Crippen LogP contribution in [0.4, 0.5) is 0 Å². The molecule has 10 heavy (non-hydrogen) atoms. The van der Waals surface area contributed by atoms with Gasteiger partial charge in [0, 0.05) is 20.4 Å². The van der Waals surface area contributed by atoms with Crippen LogP contribution in [0.1, 0.15) is 25.7 Å². The van der Waals surface area contributed by atoms with Gasteiger partial charge < -0.3 is 0 Å². The first-order valence-corrected chi connectivity index (χ1v) is 3.32. The van der Waals surface area contributed by atoms with E-state index in [1.807, 2.05) is 0 Å². The minimum Gasteiger partial charge on any atom is -0.107 e. The van der Waals surface area contributed by atoms with Crippen LogP contribution in [0, 0.1) is 0 Å². The van der Waals surface area contributed by atoms with Gasteiger partial charge in [0.2, 0.25) is 0 Å². The van der Waals surface area contributed by atoms with Crippen molar-refractivity contribution < 1.29 is 20.4 Å². The van der Waals surface area contributed by atoms with Gasteiger partial charge in [0.25, 0.3) is 0 Å². The van der Waals surface area contributed by atoms with Crippen LogP contribution < -0.4 is 0 Å². The SMILES string of the molecule is C1=C\CCCC\C=C/1.I.[Pd]. The third kappa shape index (κ3) is 6.99. The van der Waals surface area contributed by atoms with Crippen molar-refractivity contribution in [1.29, 1.82) is 0 Å². The zero-order chi connectivity index (χ0) is 5.66. The van der Waals surface area contributed by atoms with Gasteiger partial charge in [-0.25, -0.2) is 0 Å². The quantitative estimate of drug-likeness (QED) is 0.468. The van der Waals surface area contributed by atoms with Gasteiger partial charge in [-0.15, -0.1) is 24.0 Å². The average molecular weight is 343 g/mol. The van der Waals surface area contributed by atoms with Gasteiger partial charge in [-0.3, -0.25) is 0 Å². The van der Waals surface area contributed by atoms with Gasteiger partial charge in [-0.2, -0.15) is 0 Å². The summed E-state index contributed by atoms with van der Waals surface area (Å²) in [6.07, 6.45) is 14.0. The number of rotatable bonds is 0. The zero-order valence-electron chi connectivity index (χ0n) is 5.86. The summed E-state index contributed by atoms with van der Waals surface area (Å²) in [7, 11) is 0. The van der Waals surface area contributed by atoms with Crippen molar-refractivity contribution in [3.8, 4) is 0 Å². The number of allylic oxidation sites excluding steroid dienone is 4. The maximum absolute atomic E-state index is 2.23. The molecule has 0 radical (unpaired) electrons. The molecule has 0 heterocycles. The van der Waals surface area contributed by atoms with Crippen molar-refractivity contribution in [2.45, 2.75) is 25.7 Å². The van der Waals surface area contributed by atoms with Crippen LogP contribution >= 0.6 is 24.0 Å². The molecule has 0 aromatic carbocycles. The topological polar surface area (TPSA) is 0 Å². The van der Waals surface area contributed by atoms with Gasteiger partial charge in [-0.05, 0) is 25.7 Å². The normalized spacial score (nSPS) is 22.4. The fourth-order valence-corrected chi connectivity index (χ4v) is 0.874. The summed E-state index contributed by atoms with van der Waals surface area (Å²) < 4.78 is 0. The largest absolute Gasteiger partial charge is 0.107 e. The van der Waals surface area contributed by atoms with Gasteiger partial charge in [-0.1, -0.05) is 24.3 Å². The van der Waals surface area contributed by atoms with Crippen LogP contribution in [0.2, 0.25) is 0 Å². The van der Waals surface area contributed by atoms with E-state index >= 15 is 0 Å². The minimum atomic E-state index is 0. The standard InChI is InChI=1S/C8H12.HI.Pd/c1-2-4-6-8-7-5-3-1;;/h1-4H,5-8H2;1H;/b3-1-,4-2-;;. The Hall–Kier alpha value is 0.872. The molecule has 0 atom stereocenters. The van der Waals surface area contributed by atoms with Gasteiger partial charge in [0.15, 0.2) is 0 Å². The fraction of sp³-hybridized carbons (Fsp3) is 0.500. The third-order valence-corrected chi connectivity index (χ3v) is 1.37. The van der Waals surface area contributed by atoms with E-state index in [2.05, 4.69) is 24.3 Å². The summed E-state index contributed by atoms with van der Waals surface area (Å²) in [6, 6.07) is 0. The Morgan fingerprint density at radius 3 is 1.60 bits per heavy atom. The van der Waals surface area contributed by atoms with Crippen molar-refractivity contribution in [3.63, 3.8) is 0 Å². The van der Waals surface area contributed by atoms with E-state index in [1.54, 1.807) is 0 Å². The van der Waals surface area contributed by atoms with Crippen molar-refractivity contribution >= 4 is 24.0 Å². The summed E-state index contributed by atoms with van der Waals surface area (Å²) in [6.45, 7) is 0. The molecule has 0 saturated heterocycles. The molecule has 1 rings (SSSR count). The van der Waals surface area contributed by atoms with E-state index in [9.17, 15) is 0 Å². The molecule has 0 saturated carbocycles. The van der Waals surface area contributed by atoms with Crippen LogP contribution in [0.15, 0.2) is 24.3 Å². The Balaban J connectivity index is 0. The van der Waals surface area contributed by atoms with Crippen LogP contribution in [0.3, 0.4) is 0 Å². The third-order valence-electron chi connectivity index (χ3n) is 1.37. The van der Waals surface area contributed by atoms with E-state index in [0.717, 1.165) is 0 Å². The van der Waals surface area contributed by atoms with Crippen molar-refractivity contribution in [3.05, 3.63) is 24.3 Å². The predicted octanol–water partition coefficient (Wildman–Crippen LogP) is 3.29. The van der Waals surface area contributed by atoms with Gasteiger partial charge in [0.05, 0.1) is 0 Å². The fourth-order valence-electron chi connectivity index (χ4n) is 0.874. The summed E-state index contributed by atoms with van der Waals surface area (Å²) in [5.41, 5.74) is 0. The Morgan fingerprint density at radius 2 is 1.20 bits per heavy atom. The molecule has 0 bridgehead atoms. The first-order chi connectivity index (χ1) is 4.00. The second-order valence-corrected chi connectivity index (χ2v) is 2.14. The molecule has 0 aliphatic heterocycles. The molecule has 0 aromatic rings. The van der Waals surface area contributed by atoms with Crippen LogP contribution in [-0.4, -0.2) is 0 Å². The molecular formula is C8H13IPd. The summed E-state index contributed by atoms with van der Waals surface area (Å²) in [4.78, 5) is 0. The number of hydrogen-bond donors (Lipinski definition) is 0. The molecule has 2 heteroatoms. The van der Waals surface area contributed by atoms with Crippen LogP contribution in [0.5, 0.6) is 0 Å². The molecule has 0 spiro atoms. The van der Waals surface area contributed by atoms with E-state index < -0.39 is 0 Å². The summed E-state index contributed by atoms with van der Waals surface area (Å²) in [5.74, 6) is 0. The van der Waals surface area contributed by atoms with Crippen molar-refractivity contribution in [2.75, 3.05) is 0 Å². The van der Waals surface area contributed by atoms with E-state index in [4.69, 9.17) is 0 Å². The van der Waals surface area contributed by atoms with Gasteiger partial charge in [0.1, 0.15) is 0 Å². The second-order valence-electron chi connectivity index (χ2n) is 2.14. The molecule has 1 aliphatic rings. The second kappa shape index (κ2) is 9.87. The maximum atomic E-state index is 2.23. The molecule has 0 aromatic heterocycles. The van der Waals surface area contributed by atoms with E-state index in [0.29, 0.717) is 0 Å². The molecule has 62 valence electrons. The molecule has 0 amide bonds. The monoisotopic (exact) mass is 342 g/mol. The maximum Gasteiger partial charge on any atom is 0 e. The number of hydrogen-bond acceptors (Lipinski definition) is 0. The zero-order valence-corrected chi connectivity index (χ0v) is 9.75. The first kappa shape index (κ1) is 13.5. The Kier molecular flexibility index (Phi) is 13.3. The van der Waals surface area contributed by atoms with Gasteiger partial charge >= 0.3 is 0 Å². The van der Waals surface area contributed by atoms with Crippen LogP contribution in [0.25, 0.3) is 0 Å². The summed E-state index contributed by atoms with van der Waals surface area (Å²) in [5, 5.41) is 0. The average Bonchev–Trinajstić information content (AvgIpc) is 1.62. The molecule has 0 unspecified atom stereocenters. The molecule has 0 N–H and O–H groups in total. The van der Waals surface area contributed by atoms with Crippen LogP contribution in [-0.2, 0) is 20.4 Å². The Bertz CT molecular complexity index is 93.8. The molecule has 0 nitrogen and oxygen atoms in total. The van der Waals surface area contributed by atoms with Crippen molar-refractivity contribution in [1.82, 2.24) is 0 Å². The first-order valence-electron chi connectivity index (χ1n) is 3.32. The Morgan fingerprint density at radius 1 is 0.800 bits per heavy atom.